The Balaban J connectivity index is 1.06. The smallest absolute Gasteiger partial charge is 0.261 e. The molecule has 2 fully saturated rings. The summed E-state index contributed by atoms with van der Waals surface area (Å²) in [5.74, 6) is 1.51. The summed E-state index contributed by atoms with van der Waals surface area (Å²) in [6, 6.07) is 8.78. The molecule has 2 aliphatic rings. The van der Waals surface area contributed by atoms with Crippen molar-refractivity contribution in [2.75, 3.05) is 44.2 Å². The number of fused-ring (bicyclic) bond motifs is 1. The highest BCUT2D eigenvalue weighted by Crippen LogP contribution is 2.40. The molecule has 1 amide bonds. The van der Waals surface area contributed by atoms with E-state index >= 15 is 0 Å². The zero-order chi connectivity index (χ0) is 23.7. The van der Waals surface area contributed by atoms with Gasteiger partial charge in [0.2, 0.25) is 0 Å². The molecular formula is C27H35N5OS. The minimum atomic E-state index is 0.0274. The first kappa shape index (κ1) is 23.2. The topological polar surface area (TPSA) is 61.4 Å². The quantitative estimate of drug-likeness (QED) is 0.471. The molecule has 180 valence electrons. The maximum atomic E-state index is 12.9. The van der Waals surface area contributed by atoms with Crippen LogP contribution in [-0.2, 0) is 0 Å². The van der Waals surface area contributed by atoms with Crippen molar-refractivity contribution in [2.45, 2.75) is 52.4 Å². The van der Waals surface area contributed by atoms with Crippen LogP contribution in [0.2, 0.25) is 0 Å². The summed E-state index contributed by atoms with van der Waals surface area (Å²) in [6.45, 7) is 12.4. The molecular weight excluding hydrogens is 442 g/mol. The Bertz CT molecular complexity index is 1180. The molecule has 1 aromatic carbocycles. The predicted octanol–water partition coefficient (Wildman–Crippen LogP) is 4.83. The third-order valence-corrected chi connectivity index (χ3v) is 8.25. The monoisotopic (exact) mass is 477 g/mol. The van der Waals surface area contributed by atoms with Crippen LogP contribution < -0.4 is 10.2 Å². The van der Waals surface area contributed by atoms with E-state index in [4.69, 9.17) is 9.97 Å². The van der Waals surface area contributed by atoms with Gasteiger partial charge in [-0.25, -0.2) is 9.97 Å². The number of nitrogens with one attached hydrogen (secondary N) is 1. The van der Waals surface area contributed by atoms with Crippen LogP contribution in [0.4, 0.5) is 5.69 Å². The first-order valence-corrected chi connectivity index (χ1v) is 13.4. The average Bonchev–Trinajstić information content (AvgIpc) is 3.62. The van der Waals surface area contributed by atoms with Gasteiger partial charge in [0.05, 0.1) is 10.6 Å². The van der Waals surface area contributed by atoms with E-state index < -0.39 is 0 Å². The Kier molecular flexibility index (Phi) is 6.84. The first-order chi connectivity index (χ1) is 16.5. The Morgan fingerprint density at radius 2 is 1.88 bits per heavy atom. The van der Waals surface area contributed by atoms with Gasteiger partial charge in [0.15, 0.2) is 0 Å². The van der Waals surface area contributed by atoms with Crippen molar-refractivity contribution in [3.05, 3.63) is 51.8 Å². The third kappa shape index (κ3) is 5.10. The van der Waals surface area contributed by atoms with E-state index in [9.17, 15) is 4.79 Å². The maximum absolute atomic E-state index is 12.9. The van der Waals surface area contributed by atoms with Crippen molar-refractivity contribution in [3.8, 4) is 0 Å². The fourth-order valence-corrected chi connectivity index (χ4v) is 6.05. The molecule has 0 atom stereocenters. The van der Waals surface area contributed by atoms with Gasteiger partial charge >= 0.3 is 0 Å². The summed E-state index contributed by atoms with van der Waals surface area (Å²) in [4.78, 5) is 29.1. The molecule has 3 aromatic rings. The molecule has 1 saturated carbocycles. The van der Waals surface area contributed by atoms with Gasteiger partial charge in [-0.05, 0) is 76.3 Å². The largest absolute Gasteiger partial charge is 0.369 e. The van der Waals surface area contributed by atoms with Gasteiger partial charge in [0.1, 0.15) is 10.7 Å². The van der Waals surface area contributed by atoms with E-state index in [0.717, 1.165) is 77.7 Å². The van der Waals surface area contributed by atoms with Crippen molar-refractivity contribution in [1.82, 2.24) is 20.2 Å². The highest BCUT2D eigenvalue weighted by atomic mass is 32.1. The summed E-state index contributed by atoms with van der Waals surface area (Å²) < 4.78 is 0. The van der Waals surface area contributed by atoms with Crippen LogP contribution in [0.3, 0.4) is 0 Å². The summed E-state index contributed by atoms with van der Waals surface area (Å²) in [5, 5.41) is 4.20. The number of rotatable bonds is 8. The van der Waals surface area contributed by atoms with Gasteiger partial charge in [0.25, 0.3) is 5.91 Å². The van der Waals surface area contributed by atoms with Crippen molar-refractivity contribution in [3.63, 3.8) is 0 Å². The number of benzene rings is 1. The molecule has 0 bridgehead atoms. The summed E-state index contributed by atoms with van der Waals surface area (Å²) in [7, 11) is 0. The molecule has 7 heteroatoms. The number of anilines is 1. The molecule has 1 N–H and O–H groups in total. The molecule has 0 unspecified atom stereocenters. The molecule has 6 nitrogen and oxygen atoms in total. The van der Waals surface area contributed by atoms with Crippen LogP contribution >= 0.6 is 11.3 Å². The highest BCUT2D eigenvalue weighted by Gasteiger charge is 2.28. The molecule has 1 aliphatic heterocycles. The molecule has 34 heavy (non-hydrogen) atoms. The lowest BCUT2D eigenvalue weighted by Gasteiger charge is -2.36. The van der Waals surface area contributed by atoms with Crippen LogP contribution in [0.15, 0.2) is 24.3 Å². The molecule has 0 spiro atoms. The van der Waals surface area contributed by atoms with E-state index in [1.807, 2.05) is 13.8 Å². The summed E-state index contributed by atoms with van der Waals surface area (Å²) in [6.07, 6.45) is 4.47. The first-order valence-electron chi connectivity index (χ1n) is 12.6. The summed E-state index contributed by atoms with van der Waals surface area (Å²) >= 11 is 1.52. The lowest BCUT2D eigenvalue weighted by molar-refractivity contribution is 0.0956. The second-order valence-electron chi connectivity index (χ2n) is 9.81. The van der Waals surface area contributed by atoms with Gasteiger partial charge in [-0.2, -0.15) is 0 Å². The van der Waals surface area contributed by atoms with E-state index in [1.54, 1.807) is 0 Å². The number of aromatic nitrogens is 2. The molecule has 3 heterocycles. The second-order valence-corrected chi connectivity index (χ2v) is 10.8. The van der Waals surface area contributed by atoms with Crippen molar-refractivity contribution in [1.29, 1.82) is 0 Å². The van der Waals surface area contributed by atoms with Crippen molar-refractivity contribution in [2.24, 2.45) is 0 Å². The number of hydrogen-bond acceptors (Lipinski definition) is 6. The fraction of sp³-hybridized carbons (Fsp3) is 0.519. The molecule has 0 radical (unpaired) electrons. The van der Waals surface area contributed by atoms with Crippen LogP contribution in [0.25, 0.3) is 10.2 Å². The van der Waals surface area contributed by atoms with Gasteiger partial charge in [-0.15, -0.1) is 11.3 Å². The van der Waals surface area contributed by atoms with Gasteiger partial charge in [-0.1, -0.05) is 12.1 Å². The Labute approximate surface area is 206 Å². The molecule has 1 aliphatic carbocycles. The minimum absolute atomic E-state index is 0.0274. The number of hydrogen-bond donors (Lipinski definition) is 1. The zero-order valence-electron chi connectivity index (χ0n) is 20.6. The molecule has 2 aromatic heterocycles. The second kappa shape index (κ2) is 10.0. The zero-order valence-corrected chi connectivity index (χ0v) is 21.4. The van der Waals surface area contributed by atoms with Gasteiger partial charge in [0, 0.05) is 49.7 Å². The number of carbonyl (C=O) groups excluding carboxylic acids is 1. The van der Waals surface area contributed by atoms with Gasteiger partial charge < -0.3 is 10.2 Å². The average molecular weight is 478 g/mol. The highest BCUT2D eigenvalue weighted by molar-refractivity contribution is 7.20. The van der Waals surface area contributed by atoms with E-state index in [1.165, 1.54) is 35.4 Å². The third-order valence-electron chi connectivity index (χ3n) is 7.06. The van der Waals surface area contributed by atoms with Crippen molar-refractivity contribution < 1.29 is 4.79 Å². The SMILES string of the molecule is Cc1cccc(N2CCN(CCCCNC(=O)c3sc4nc(C5CC5)nc(C)c4c3C)CC2)c1. The lowest BCUT2D eigenvalue weighted by Crippen LogP contribution is -2.46. The molecule has 1 saturated heterocycles. The summed E-state index contributed by atoms with van der Waals surface area (Å²) in [5.41, 5.74) is 4.67. The van der Waals surface area contributed by atoms with Crippen molar-refractivity contribution >= 4 is 33.1 Å². The Morgan fingerprint density at radius 1 is 1.09 bits per heavy atom. The number of unbranched alkanes of at least 4 members (excludes halogenated alkanes) is 1. The van der Waals surface area contributed by atoms with Crippen LogP contribution in [-0.4, -0.2) is 60.0 Å². The van der Waals surface area contributed by atoms with Crippen LogP contribution in [0.1, 0.15) is 63.9 Å². The van der Waals surface area contributed by atoms with E-state index in [2.05, 4.69) is 46.3 Å². The Hall–Kier alpha value is -2.51. The standard InChI is InChI=1S/C27H35N5OS/c1-18-7-6-8-22(17-18)32-15-13-31(14-16-32)12-5-4-11-28-26(33)24-19(2)23-20(3)29-25(21-9-10-21)30-27(23)34-24/h6-8,17,21H,4-5,9-16H2,1-3H3,(H,28,33). The predicted molar refractivity (Wildman–Crippen MR) is 140 cm³/mol. The molecule has 5 rings (SSSR count). The number of amides is 1. The van der Waals surface area contributed by atoms with Crippen LogP contribution in [0.5, 0.6) is 0 Å². The van der Waals surface area contributed by atoms with Gasteiger partial charge in [-0.3, -0.25) is 9.69 Å². The fourth-order valence-electron chi connectivity index (χ4n) is 4.90. The number of aryl methyl sites for hydroxylation is 3. The minimum Gasteiger partial charge on any atom is -0.369 e. The number of carbonyl (C=O) groups is 1. The van der Waals surface area contributed by atoms with E-state index in [-0.39, 0.29) is 5.91 Å². The number of piperazine rings is 1. The lowest BCUT2D eigenvalue weighted by atomic mass is 10.1. The Morgan fingerprint density at radius 3 is 2.62 bits per heavy atom. The van der Waals surface area contributed by atoms with Crippen LogP contribution in [0, 0.1) is 20.8 Å². The number of nitrogens with zero attached hydrogens (tertiary/aromatic N) is 4. The maximum Gasteiger partial charge on any atom is 0.261 e. The van der Waals surface area contributed by atoms with E-state index in [0.29, 0.717) is 12.5 Å². The normalized spacial score (nSPS) is 16.9. The number of thiophene rings is 1.